The third-order valence-electron chi connectivity index (χ3n) is 4.59. The van der Waals surface area contributed by atoms with E-state index in [1.165, 1.54) is 5.56 Å². The number of aliphatic hydroxyl groups excluding tert-OH is 1. The van der Waals surface area contributed by atoms with Gasteiger partial charge in [0.15, 0.2) is 0 Å². The molecule has 25 heavy (non-hydrogen) atoms. The first-order valence-electron chi connectivity index (χ1n) is 8.65. The maximum atomic E-state index is 12.4. The molecule has 0 saturated carbocycles. The maximum Gasteiger partial charge on any atom is 0.255 e. The lowest BCUT2D eigenvalue weighted by atomic mass is 10.1. The number of carbonyl (C=O) groups is 1. The number of nitrogens with one attached hydrogen (secondary N) is 1. The summed E-state index contributed by atoms with van der Waals surface area (Å²) in [5.74, 6) is -0.138. The fourth-order valence-electron chi connectivity index (χ4n) is 2.98. The van der Waals surface area contributed by atoms with Gasteiger partial charge in [-0.25, -0.2) is 0 Å². The zero-order valence-corrected chi connectivity index (χ0v) is 14.6. The molecule has 0 bridgehead atoms. The number of aliphatic hydroxyl groups is 1. The minimum absolute atomic E-state index is 0.0370. The van der Waals surface area contributed by atoms with Crippen LogP contribution in [0.2, 0.25) is 0 Å². The number of rotatable bonds is 5. The molecule has 0 radical (unpaired) electrons. The number of anilines is 1. The SMILES string of the molecule is CN1CCN(Cc2ccc(C(=O)Nc3cccc(CO)c3)cc2)CC1. The van der Waals surface area contributed by atoms with Gasteiger partial charge in [-0.1, -0.05) is 24.3 Å². The van der Waals surface area contributed by atoms with Crippen LogP contribution in [0.25, 0.3) is 0 Å². The van der Waals surface area contributed by atoms with Crippen molar-refractivity contribution in [3.05, 3.63) is 65.2 Å². The number of hydrogen-bond acceptors (Lipinski definition) is 4. The van der Waals surface area contributed by atoms with E-state index in [1.807, 2.05) is 42.5 Å². The van der Waals surface area contributed by atoms with Crippen molar-refractivity contribution in [3.63, 3.8) is 0 Å². The van der Waals surface area contributed by atoms with Gasteiger partial charge in [-0.3, -0.25) is 9.69 Å². The second-order valence-electron chi connectivity index (χ2n) is 6.59. The average molecular weight is 339 g/mol. The first-order valence-corrected chi connectivity index (χ1v) is 8.65. The van der Waals surface area contributed by atoms with Crippen LogP contribution in [-0.4, -0.2) is 54.0 Å². The van der Waals surface area contributed by atoms with E-state index in [4.69, 9.17) is 0 Å². The summed E-state index contributed by atoms with van der Waals surface area (Å²) in [5, 5.41) is 12.0. The minimum atomic E-state index is -0.138. The van der Waals surface area contributed by atoms with Gasteiger partial charge in [0.25, 0.3) is 5.91 Å². The highest BCUT2D eigenvalue weighted by molar-refractivity contribution is 6.04. The van der Waals surface area contributed by atoms with Crippen LogP contribution in [0.1, 0.15) is 21.5 Å². The molecule has 2 N–H and O–H groups in total. The van der Waals surface area contributed by atoms with Gasteiger partial charge in [-0.15, -0.1) is 0 Å². The molecule has 0 aromatic heterocycles. The normalized spacial score (nSPS) is 15.9. The number of hydrogen-bond donors (Lipinski definition) is 2. The van der Waals surface area contributed by atoms with Gasteiger partial charge in [-0.05, 0) is 42.4 Å². The molecule has 1 aliphatic heterocycles. The molecule has 0 unspecified atom stereocenters. The Morgan fingerprint density at radius 1 is 1.04 bits per heavy atom. The summed E-state index contributed by atoms with van der Waals surface area (Å²) in [6.45, 7) is 5.26. The molecule has 5 nitrogen and oxygen atoms in total. The van der Waals surface area contributed by atoms with E-state index >= 15 is 0 Å². The van der Waals surface area contributed by atoms with E-state index in [9.17, 15) is 9.90 Å². The van der Waals surface area contributed by atoms with Gasteiger partial charge in [-0.2, -0.15) is 0 Å². The summed E-state index contributed by atoms with van der Waals surface area (Å²) < 4.78 is 0. The first-order chi connectivity index (χ1) is 12.1. The van der Waals surface area contributed by atoms with Crippen LogP contribution >= 0.6 is 0 Å². The van der Waals surface area contributed by atoms with Crippen molar-refractivity contribution in [2.24, 2.45) is 0 Å². The number of piperazine rings is 1. The highest BCUT2D eigenvalue weighted by Gasteiger charge is 2.14. The fraction of sp³-hybridized carbons (Fsp3) is 0.350. The van der Waals surface area contributed by atoms with E-state index in [0.717, 1.165) is 38.3 Å². The molecule has 0 atom stereocenters. The maximum absolute atomic E-state index is 12.4. The predicted molar refractivity (Wildman–Crippen MR) is 99.5 cm³/mol. The molecule has 3 rings (SSSR count). The second kappa shape index (κ2) is 8.25. The highest BCUT2D eigenvalue weighted by Crippen LogP contribution is 2.14. The van der Waals surface area contributed by atoms with Crippen molar-refractivity contribution in [2.45, 2.75) is 13.2 Å². The van der Waals surface area contributed by atoms with E-state index in [0.29, 0.717) is 11.3 Å². The Morgan fingerprint density at radius 3 is 2.44 bits per heavy atom. The van der Waals surface area contributed by atoms with Gasteiger partial charge < -0.3 is 15.3 Å². The molecule has 0 spiro atoms. The van der Waals surface area contributed by atoms with E-state index < -0.39 is 0 Å². The van der Waals surface area contributed by atoms with Crippen LogP contribution in [0, 0.1) is 0 Å². The molecule has 1 amide bonds. The van der Waals surface area contributed by atoms with Crippen molar-refractivity contribution < 1.29 is 9.90 Å². The molecule has 132 valence electrons. The topological polar surface area (TPSA) is 55.8 Å². The molecule has 2 aromatic rings. The molecule has 1 aliphatic rings. The van der Waals surface area contributed by atoms with Crippen molar-refractivity contribution >= 4 is 11.6 Å². The third-order valence-corrected chi connectivity index (χ3v) is 4.59. The molecule has 1 saturated heterocycles. The second-order valence-corrected chi connectivity index (χ2v) is 6.59. The van der Waals surface area contributed by atoms with Crippen molar-refractivity contribution in [1.29, 1.82) is 0 Å². The van der Waals surface area contributed by atoms with Crippen molar-refractivity contribution in [1.82, 2.24) is 9.80 Å². The molecular formula is C20H25N3O2. The summed E-state index contributed by atoms with van der Waals surface area (Å²) in [7, 11) is 2.15. The Hall–Kier alpha value is -2.21. The van der Waals surface area contributed by atoms with Crippen LogP contribution in [0.5, 0.6) is 0 Å². The monoisotopic (exact) mass is 339 g/mol. The lowest BCUT2D eigenvalue weighted by Crippen LogP contribution is -2.43. The van der Waals surface area contributed by atoms with Crippen molar-refractivity contribution in [3.8, 4) is 0 Å². The summed E-state index contributed by atoms with van der Waals surface area (Å²) in [6, 6.07) is 15.0. The molecule has 1 fully saturated rings. The molecule has 2 aromatic carbocycles. The zero-order valence-electron chi connectivity index (χ0n) is 14.6. The van der Waals surface area contributed by atoms with Crippen LogP contribution in [0.3, 0.4) is 0 Å². The van der Waals surface area contributed by atoms with Crippen LogP contribution in [0.15, 0.2) is 48.5 Å². The molecule has 1 heterocycles. The van der Waals surface area contributed by atoms with Crippen LogP contribution in [-0.2, 0) is 13.2 Å². The van der Waals surface area contributed by atoms with Gasteiger partial charge in [0.05, 0.1) is 6.61 Å². The Kier molecular flexibility index (Phi) is 5.81. The quantitative estimate of drug-likeness (QED) is 0.877. The Morgan fingerprint density at radius 2 is 1.76 bits per heavy atom. The van der Waals surface area contributed by atoms with Gasteiger partial charge in [0.1, 0.15) is 0 Å². The zero-order chi connectivity index (χ0) is 17.6. The van der Waals surface area contributed by atoms with Crippen molar-refractivity contribution in [2.75, 3.05) is 38.5 Å². The van der Waals surface area contributed by atoms with Crippen LogP contribution < -0.4 is 5.32 Å². The van der Waals surface area contributed by atoms with Gasteiger partial charge >= 0.3 is 0 Å². The molecule has 0 aliphatic carbocycles. The number of amides is 1. The van der Waals surface area contributed by atoms with Gasteiger partial charge in [0, 0.05) is 44.0 Å². The largest absolute Gasteiger partial charge is 0.392 e. The Labute approximate surface area is 148 Å². The van der Waals surface area contributed by atoms with E-state index in [1.54, 1.807) is 6.07 Å². The summed E-state index contributed by atoms with van der Waals surface area (Å²) >= 11 is 0. The van der Waals surface area contributed by atoms with E-state index in [2.05, 4.69) is 22.2 Å². The molecule has 5 heteroatoms. The molecular weight excluding hydrogens is 314 g/mol. The predicted octanol–water partition coefficient (Wildman–Crippen LogP) is 2.18. The highest BCUT2D eigenvalue weighted by atomic mass is 16.3. The lowest BCUT2D eigenvalue weighted by Gasteiger charge is -2.32. The Bertz CT molecular complexity index is 707. The summed E-state index contributed by atoms with van der Waals surface area (Å²) in [4.78, 5) is 17.1. The number of benzene rings is 2. The van der Waals surface area contributed by atoms with Crippen LogP contribution in [0.4, 0.5) is 5.69 Å². The minimum Gasteiger partial charge on any atom is -0.392 e. The van der Waals surface area contributed by atoms with E-state index in [-0.39, 0.29) is 12.5 Å². The number of likely N-dealkylation sites (N-methyl/N-ethyl adjacent to an activating group) is 1. The van der Waals surface area contributed by atoms with Gasteiger partial charge in [0.2, 0.25) is 0 Å². The average Bonchev–Trinajstić information content (AvgIpc) is 2.64. The third kappa shape index (κ3) is 4.89. The summed E-state index contributed by atoms with van der Waals surface area (Å²) in [6.07, 6.45) is 0. The lowest BCUT2D eigenvalue weighted by molar-refractivity contribution is 0.102. The standard InChI is InChI=1S/C20H25N3O2/c1-22-9-11-23(12-10-22)14-16-5-7-18(8-6-16)20(25)21-19-4-2-3-17(13-19)15-24/h2-8,13,24H,9-12,14-15H2,1H3,(H,21,25). The Balaban J connectivity index is 1.58. The summed E-state index contributed by atoms with van der Waals surface area (Å²) in [5.41, 5.74) is 3.33. The fourth-order valence-corrected chi connectivity index (χ4v) is 2.98. The number of nitrogens with zero attached hydrogens (tertiary/aromatic N) is 2. The number of carbonyl (C=O) groups excluding carboxylic acids is 1. The smallest absolute Gasteiger partial charge is 0.255 e. The first kappa shape index (κ1) is 17.6.